The van der Waals surface area contributed by atoms with E-state index in [0.717, 1.165) is 11.4 Å². The van der Waals surface area contributed by atoms with Crippen LogP contribution < -0.4 is 5.32 Å². The van der Waals surface area contributed by atoms with Gasteiger partial charge >= 0.3 is 5.97 Å². The van der Waals surface area contributed by atoms with E-state index in [2.05, 4.69) is 47.4 Å². The van der Waals surface area contributed by atoms with Crippen molar-refractivity contribution in [1.82, 2.24) is 14.8 Å². The Morgan fingerprint density at radius 3 is 2.66 bits per heavy atom. The molecule has 3 rings (SSSR count). The van der Waals surface area contributed by atoms with Gasteiger partial charge in [-0.05, 0) is 43.2 Å². The second-order valence-corrected chi connectivity index (χ2v) is 9.12. The molecule has 0 aliphatic rings. The van der Waals surface area contributed by atoms with Gasteiger partial charge in [0.25, 0.3) is 0 Å². The summed E-state index contributed by atoms with van der Waals surface area (Å²) in [5.74, 6) is 0.838. The lowest BCUT2D eigenvalue weighted by atomic mass is 10.1. The van der Waals surface area contributed by atoms with Crippen molar-refractivity contribution in [3.63, 3.8) is 0 Å². The minimum atomic E-state index is -0.385. The fourth-order valence-corrected chi connectivity index (χ4v) is 4.56. The number of amides is 1. The minimum absolute atomic E-state index is 0.175. The van der Waals surface area contributed by atoms with Crippen molar-refractivity contribution < 1.29 is 14.3 Å². The third kappa shape index (κ3) is 5.86. The van der Waals surface area contributed by atoms with E-state index in [0.29, 0.717) is 35.5 Å². The van der Waals surface area contributed by atoms with Gasteiger partial charge in [0.05, 0.1) is 17.9 Å². The molecule has 2 aromatic heterocycles. The van der Waals surface area contributed by atoms with Gasteiger partial charge in [0, 0.05) is 28.1 Å². The average molecular weight is 471 g/mol. The van der Waals surface area contributed by atoms with Crippen LogP contribution in [-0.4, -0.2) is 39.0 Å². The molecule has 0 saturated carbocycles. The molecule has 1 aromatic carbocycles. The van der Waals surface area contributed by atoms with Crippen LogP contribution in [0.3, 0.4) is 0 Å². The zero-order valence-corrected chi connectivity index (χ0v) is 20.0. The van der Waals surface area contributed by atoms with Gasteiger partial charge in [-0.2, -0.15) is 0 Å². The first kappa shape index (κ1) is 23.7. The van der Waals surface area contributed by atoms with Crippen molar-refractivity contribution in [3.8, 4) is 11.4 Å². The Hall–Kier alpha value is -2.91. The molecule has 0 fully saturated rings. The molecule has 7 nitrogen and oxygen atoms in total. The number of nitrogens with zero attached hydrogens (tertiary/aromatic N) is 3. The summed E-state index contributed by atoms with van der Waals surface area (Å²) in [6.45, 7) is 10.8. The number of aromatic nitrogens is 3. The Labute approximate surface area is 195 Å². The van der Waals surface area contributed by atoms with Gasteiger partial charge in [-0.1, -0.05) is 31.7 Å². The highest BCUT2D eigenvalue weighted by Crippen LogP contribution is 2.31. The summed E-state index contributed by atoms with van der Waals surface area (Å²) < 4.78 is 6.93. The third-order valence-corrected chi connectivity index (χ3v) is 6.69. The number of nitrogens with one attached hydrogen (secondary N) is 1. The molecule has 2 heterocycles. The van der Waals surface area contributed by atoms with Gasteiger partial charge in [0.2, 0.25) is 5.91 Å². The largest absolute Gasteiger partial charge is 0.462 e. The van der Waals surface area contributed by atoms with Crippen LogP contribution in [0.5, 0.6) is 0 Å². The Kier molecular flexibility index (Phi) is 8.24. The standard InChI is InChI=1S/C23H26N4O3S2/c1-5-11-27-21(17-12-19(15(3)4)31-13-17)25-26-23(27)32-14-20(28)24-18-9-7-16(8-10-18)22(29)30-6-2/h5,7-10,12-13,15H,1,6,11,14H2,2-4H3,(H,24,28). The summed E-state index contributed by atoms with van der Waals surface area (Å²) in [4.78, 5) is 25.4. The lowest BCUT2D eigenvalue weighted by Crippen LogP contribution is -2.15. The Morgan fingerprint density at radius 1 is 1.28 bits per heavy atom. The number of allylic oxidation sites excluding steroid dienone is 1. The molecular formula is C23H26N4O3S2. The summed E-state index contributed by atoms with van der Waals surface area (Å²) in [6.07, 6.45) is 1.79. The number of hydrogen-bond acceptors (Lipinski definition) is 7. The lowest BCUT2D eigenvalue weighted by Gasteiger charge is -2.08. The van der Waals surface area contributed by atoms with Crippen LogP contribution in [-0.2, 0) is 16.1 Å². The molecule has 0 aliphatic heterocycles. The second-order valence-electron chi connectivity index (χ2n) is 7.23. The van der Waals surface area contributed by atoms with Gasteiger partial charge < -0.3 is 10.1 Å². The highest BCUT2D eigenvalue weighted by Gasteiger charge is 2.17. The van der Waals surface area contributed by atoms with E-state index in [4.69, 9.17) is 4.74 Å². The summed E-state index contributed by atoms with van der Waals surface area (Å²) >= 11 is 3.02. The Morgan fingerprint density at radius 2 is 2.03 bits per heavy atom. The smallest absolute Gasteiger partial charge is 0.338 e. The van der Waals surface area contributed by atoms with E-state index in [1.165, 1.54) is 16.6 Å². The lowest BCUT2D eigenvalue weighted by molar-refractivity contribution is -0.113. The summed E-state index contributed by atoms with van der Waals surface area (Å²) in [5.41, 5.74) is 2.07. The number of anilines is 1. The van der Waals surface area contributed by atoms with E-state index in [-0.39, 0.29) is 17.6 Å². The number of thioether (sulfide) groups is 1. The first-order valence-corrected chi connectivity index (χ1v) is 12.1. The fraction of sp³-hybridized carbons (Fsp3) is 0.304. The number of carbonyl (C=O) groups is 2. The molecule has 0 radical (unpaired) electrons. The molecule has 1 amide bonds. The van der Waals surface area contributed by atoms with Crippen molar-refractivity contribution in [2.45, 2.75) is 38.4 Å². The van der Waals surface area contributed by atoms with Gasteiger partial charge in [-0.3, -0.25) is 9.36 Å². The predicted octanol–water partition coefficient (Wildman–Crippen LogP) is 5.22. The Balaban J connectivity index is 1.64. The van der Waals surface area contributed by atoms with Crippen molar-refractivity contribution in [2.75, 3.05) is 17.7 Å². The highest BCUT2D eigenvalue weighted by atomic mass is 32.2. The monoisotopic (exact) mass is 470 g/mol. The topological polar surface area (TPSA) is 86.1 Å². The number of benzene rings is 1. The van der Waals surface area contributed by atoms with Crippen LogP contribution in [0.25, 0.3) is 11.4 Å². The zero-order chi connectivity index (χ0) is 23.1. The first-order chi connectivity index (χ1) is 15.4. The van der Waals surface area contributed by atoms with Crippen LogP contribution in [0.2, 0.25) is 0 Å². The maximum atomic E-state index is 12.4. The molecule has 3 aromatic rings. The zero-order valence-electron chi connectivity index (χ0n) is 18.3. The average Bonchev–Trinajstić information content (AvgIpc) is 3.41. The second kappa shape index (κ2) is 11.1. The van der Waals surface area contributed by atoms with Crippen molar-refractivity contribution >= 4 is 40.7 Å². The van der Waals surface area contributed by atoms with E-state index in [1.54, 1.807) is 48.6 Å². The molecule has 0 bridgehead atoms. The Bertz CT molecular complexity index is 1090. The molecule has 0 unspecified atom stereocenters. The summed E-state index contributed by atoms with van der Waals surface area (Å²) in [7, 11) is 0. The van der Waals surface area contributed by atoms with Crippen LogP contribution in [0.1, 0.15) is 41.9 Å². The van der Waals surface area contributed by atoms with E-state index in [9.17, 15) is 9.59 Å². The molecule has 0 saturated heterocycles. The molecule has 0 spiro atoms. The SMILES string of the molecule is C=CCn1c(SCC(=O)Nc2ccc(C(=O)OCC)cc2)nnc1-c1csc(C(C)C)c1. The molecular weight excluding hydrogens is 444 g/mol. The number of thiophene rings is 1. The normalized spacial score (nSPS) is 10.9. The number of ether oxygens (including phenoxy) is 1. The number of rotatable bonds is 10. The number of carbonyl (C=O) groups excluding carboxylic acids is 2. The van der Waals surface area contributed by atoms with Crippen LogP contribution in [0.4, 0.5) is 5.69 Å². The maximum absolute atomic E-state index is 12.4. The first-order valence-electron chi connectivity index (χ1n) is 10.3. The van der Waals surface area contributed by atoms with Crippen molar-refractivity contribution in [3.05, 3.63) is 58.8 Å². The maximum Gasteiger partial charge on any atom is 0.338 e. The van der Waals surface area contributed by atoms with Crippen LogP contribution in [0, 0.1) is 0 Å². The van der Waals surface area contributed by atoms with E-state index >= 15 is 0 Å². The van der Waals surface area contributed by atoms with Crippen molar-refractivity contribution in [1.29, 1.82) is 0 Å². The molecule has 168 valence electrons. The third-order valence-electron chi connectivity index (χ3n) is 4.49. The van der Waals surface area contributed by atoms with Crippen molar-refractivity contribution in [2.24, 2.45) is 0 Å². The fourth-order valence-electron chi connectivity index (χ4n) is 2.91. The minimum Gasteiger partial charge on any atom is -0.462 e. The highest BCUT2D eigenvalue weighted by molar-refractivity contribution is 7.99. The van der Waals surface area contributed by atoms with Gasteiger partial charge in [-0.15, -0.1) is 28.1 Å². The molecule has 9 heteroatoms. The molecule has 32 heavy (non-hydrogen) atoms. The summed E-state index contributed by atoms with van der Waals surface area (Å²) in [6, 6.07) is 8.74. The van der Waals surface area contributed by atoms with Crippen LogP contribution >= 0.6 is 23.1 Å². The van der Waals surface area contributed by atoms with E-state index < -0.39 is 0 Å². The number of esters is 1. The molecule has 0 aliphatic carbocycles. The van der Waals surface area contributed by atoms with Gasteiger partial charge in [0.15, 0.2) is 11.0 Å². The van der Waals surface area contributed by atoms with Gasteiger partial charge in [0.1, 0.15) is 0 Å². The van der Waals surface area contributed by atoms with E-state index in [1.807, 2.05) is 4.57 Å². The van der Waals surface area contributed by atoms with Gasteiger partial charge in [-0.25, -0.2) is 4.79 Å². The molecule has 0 atom stereocenters. The summed E-state index contributed by atoms with van der Waals surface area (Å²) in [5, 5.41) is 14.2. The molecule has 1 N–H and O–H groups in total. The number of hydrogen-bond donors (Lipinski definition) is 1. The van der Waals surface area contributed by atoms with Crippen LogP contribution in [0.15, 0.2) is 53.5 Å². The quantitative estimate of drug-likeness (QED) is 0.248. The predicted molar refractivity (Wildman–Crippen MR) is 129 cm³/mol.